The number of aromatic nitrogens is 4. The third-order valence-corrected chi connectivity index (χ3v) is 5.04. The smallest absolute Gasteiger partial charge is 0.257 e. The molecule has 0 saturated heterocycles. The zero-order valence-corrected chi connectivity index (χ0v) is 18.1. The van der Waals surface area contributed by atoms with Crippen LogP contribution in [-0.4, -0.2) is 39.1 Å². The molecular weight excluding hydrogens is 441 g/mol. The first-order chi connectivity index (χ1) is 16.6. The summed E-state index contributed by atoms with van der Waals surface area (Å²) in [6.45, 7) is 0.286. The molecule has 5 rings (SSSR count). The van der Waals surface area contributed by atoms with Gasteiger partial charge in [-0.25, -0.2) is 14.4 Å². The van der Waals surface area contributed by atoms with Crippen molar-refractivity contribution in [2.75, 3.05) is 24.3 Å². The molecule has 4 aromatic rings. The molecule has 172 valence electrons. The van der Waals surface area contributed by atoms with Crippen LogP contribution in [0, 0.1) is 5.82 Å². The van der Waals surface area contributed by atoms with Gasteiger partial charge in [-0.3, -0.25) is 9.36 Å². The van der Waals surface area contributed by atoms with Gasteiger partial charge in [0.25, 0.3) is 5.91 Å². The van der Waals surface area contributed by atoms with Crippen molar-refractivity contribution in [2.24, 2.45) is 0 Å². The summed E-state index contributed by atoms with van der Waals surface area (Å²) in [5, 5.41) is 8.50. The Hall–Kier alpha value is -4.67. The van der Waals surface area contributed by atoms with Gasteiger partial charge in [0.2, 0.25) is 5.95 Å². The molecule has 0 saturated carbocycles. The van der Waals surface area contributed by atoms with Crippen molar-refractivity contribution in [1.82, 2.24) is 24.8 Å². The number of nitrogens with one attached hydrogen (secondary N) is 3. The van der Waals surface area contributed by atoms with Gasteiger partial charge in [0, 0.05) is 36.9 Å². The van der Waals surface area contributed by atoms with Crippen LogP contribution in [0.4, 0.5) is 27.5 Å². The number of anilines is 4. The van der Waals surface area contributed by atoms with E-state index in [1.807, 2.05) is 22.9 Å². The Morgan fingerprint density at radius 1 is 1.18 bits per heavy atom. The van der Waals surface area contributed by atoms with Gasteiger partial charge in [0.15, 0.2) is 24.1 Å². The Morgan fingerprint density at radius 3 is 2.94 bits per heavy atom. The number of imidazole rings is 1. The second-order valence-electron chi connectivity index (χ2n) is 7.31. The molecule has 0 atom stereocenters. The molecule has 1 amide bonds. The molecule has 0 unspecified atom stereocenters. The number of carbonyl (C=O) groups excluding carboxylic acids is 1. The van der Waals surface area contributed by atoms with Crippen LogP contribution < -0.4 is 25.4 Å². The number of halogens is 1. The van der Waals surface area contributed by atoms with Crippen molar-refractivity contribution in [2.45, 2.75) is 6.61 Å². The van der Waals surface area contributed by atoms with E-state index in [1.165, 1.54) is 7.05 Å². The van der Waals surface area contributed by atoms with Crippen LogP contribution >= 0.6 is 0 Å². The molecule has 0 radical (unpaired) electrons. The van der Waals surface area contributed by atoms with Crippen molar-refractivity contribution in [3.8, 4) is 17.2 Å². The second kappa shape index (κ2) is 9.06. The molecule has 1 aliphatic rings. The van der Waals surface area contributed by atoms with Gasteiger partial charge in [0.05, 0.1) is 11.9 Å². The largest absolute Gasteiger partial charge is 0.484 e. The van der Waals surface area contributed by atoms with E-state index >= 15 is 0 Å². The standard InChI is InChI=1S/C23H20FN7O3/c1-25-21(32)13-33-16-4-2-3-14(9-16)29-23-27-11-17(24)22(30-23)28-15-5-6-19-18(10-15)31-8-7-26-20(31)12-34-19/h2-11H,12-13H2,1H3,(H,25,32)(H2,27,28,29,30). The highest BCUT2D eigenvalue weighted by atomic mass is 19.1. The van der Waals surface area contributed by atoms with E-state index in [-0.39, 0.29) is 24.3 Å². The molecule has 2 aromatic carbocycles. The van der Waals surface area contributed by atoms with Crippen molar-refractivity contribution in [1.29, 1.82) is 0 Å². The first-order valence-electron chi connectivity index (χ1n) is 10.4. The Morgan fingerprint density at radius 2 is 2.06 bits per heavy atom. The van der Waals surface area contributed by atoms with Crippen LogP contribution in [0.3, 0.4) is 0 Å². The topological polar surface area (TPSA) is 115 Å². The van der Waals surface area contributed by atoms with E-state index in [0.29, 0.717) is 29.5 Å². The molecule has 34 heavy (non-hydrogen) atoms. The fourth-order valence-electron chi connectivity index (χ4n) is 3.37. The van der Waals surface area contributed by atoms with Crippen LogP contribution in [0.5, 0.6) is 11.5 Å². The van der Waals surface area contributed by atoms with Crippen LogP contribution in [0.2, 0.25) is 0 Å². The summed E-state index contributed by atoms with van der Waals surface area (Å²) in [6.07, 6.45) is 4.63. The molecule has 11 heteroatoms. The van der Waals surface area contributed by atoms with E-state index in [2.05, 4.69) is 30.9 Å². The number of likely N-dealkylation sites (N-methyl/N-ethyl adjacent to an activating group) is 1. The maximum atomic E-state index is 14.5. The lowest BCUT2D eigenvalue weighted by molar-refractivity contribution is -0.122. The second-order valence-corrected chi connectivity index (χ2v) is 7.31. The van der Waals surface area contributed by atoms with Crippen LogP contribution in [0.25, 0.3) is 5.69 Å². The summed E-state index contributed by atoms with van der Waals surface area (Å²) >= 11 is 0. The fourth-order valence-corrected chi connectivity index (χ4v) is 3.37. The number of amides is 1. The van der Waals surface area contributed by atoms with E-state index in [0.717, 1.165) is 17.7 Å². The van der Waals surface area contributed by atoms with Gasteiger partial charge in [0.1, 0.15) is 18.1 Å². The highest BCUT2D eigenvalue weighted by Crippen LogP contribution is 2.33. The van der Waals surface area contributed by atoms with E-state index in [9.17, 15) is 9.18 Å². The minimum Gasteiger partial charge on any atom is -0.484 e. The predicted molar refractivity (Wildman–Crippen MR) is 122 cm³/mol. The van der Waals surface area contributed by atoms with Gasteiger partial charge in [-0.1, -0.05) is 6.07 Å². The molecule has 0 bridgehead atoms. The lowest BCUT2D eigenvalue weighted by atomic mass is 10.2. The highest BCUT2D eigenvalue weighted by molar-refractivity contribution is 5.77. The fraction of sp³-hybridized carbons (Fsp3) is 0.130. The van der Waals surface area contributed by atoms with Crippen LogP contribution in [0.15, 0.2) is 61.1 Å². The number of carbonyl (C=O) groups is 1. The Bertz CT molecular complexity index is 1360. The quantitative estimate of drug-likeness (QED) is 0.384. The Labute approximate surface area is 193 Å². The molecule has 10 nitrogen and oxygen atoms in total. The van der Waals surface area contributed by atoms with E-state index < -0.39 is 5.82 Å². The first-order valence-corrected chi connectivity index (χ1v) is 10.4. The molecule has 1 aliphatic heterocycles. The molecule has 0 spiro atoms. The summed E-state index contributed by atoms with van der Waals surface area (Å²) < 4.78 is 27.6. The minimum atomic E-state index is -0.606. The number of rotatable bonds is 7. The molecule has 0 aliphatic carbocycles. The predicted octanol–water partition coefficient (Wildman–Crippen LogP) is 3.31. The number of ether oxygens (including phenoxy) is 2. The maximum absolute atomic E-state index is 14.5. The SMILES string of the molecule is CNC(=O)COc1cccc(Nc2ncc(F)c(Nc3ccc4c(c3)-n3ccnc3CO4)n2)c1. The van der Waals surface area contributed by atoms with Crippen molar-refractivity contribution < 1.29 is 18.7 Å². The summed E-state index contributed by atoms with van der Waals surface area (Å²) in [5.74, 6) is 1.33. The van der Waals surface area contributed by atoms with Gasteiger partial charge in [-0.2, -0.15) is 4.98 Å². The highest BCUT2D eigenvalue weighted by Gasteiger charge is 2.18. The van der Waals surface area contributed by atoms with Gasteiger partial charge in [-0.05, 0) is 30.3 Å². The average molecular weight is 461 g/mol. The Balaban J connectivity index is 1.34. The van der Waals surface area contributed by atoms with Crippen LogP contribution in [-0.2, 0) is 11.4 Å². The maximum Gasteiger partial charge on any atom is 0.257 e. The lowest BCUT2D eigenvalue weighted by Crippen LogP contribution is -2.24. The summed E-state index contributed by atoms with van der Waals surface area (Å²) in [5.41, 5.74) is 2.03. The van der Waals surface area contributed by atoms with Crippen molar-refractivity contribution >= 4 is 29.0 Å². The first kappa shape index (κ1) is 21.2. The molecule has 2 aromatic heterocycles. The van der Waals surface area contributed by atoms with E-state index in [1.54, 1.807) is 36.5 Å². The third-order valence-electron chi connectivity index (χ3n) is 5.04. The van der Waals surface area contributed by atoms with E-state index in [4.69, 9.17) is 9.47 Å². The van der Waals surface area contributed by atoms with Crippen molar-refractivity contribution in [3.05, 3.63) is 72.7 Å². The molecular formula is C23H20FN7O3. The van der Waals surface area contributed by atoms with Gasteiger partial charge >= 0.3 is 0 Å². The summed E-state index contributed by atoms with van der Waals surface area (Å²) in [6, 6.07) is 12.4. The summed E-state index contributed by atoms with van der Waals surface area (Å²) in [7, 11) is 1.54. The molecule has 3 heterocycles. The molecule has 0 fully saturated rings. The number of fused-ring (bicyclic) bond motifs is 3. The summed E-state index contributed by atoms with van der Waals surface area (Å²) in [4.78, 5) is 23.9. The number of benzene rings is 2. The molecule has 3 N–H and O–H groups in total. The van der Waals surface area contributed by atoms with Gasteiger partial charge < -0.3 is 25.4 Å². The minimum absolute atomic E-state index is 0.00653. The zero-order chi connectivity index (χ0) is 23.5. The number of hydrogen-bond donors (Lipinski definition) is 3. The number of hydrogen-bond acceptors (Lipinski definition) is 8. The number of nitrogens with zero attached hydrogens (tertiary/aromatic N) is 4. The average Bonchev–Trinajstić information content (AvgIpc) is 3.34. The van der Waals surface area contributed by atoms with Crippen molar-refractivity contribution in [3.63, 3.8) is 0 Å². The van der Waals surface area contributed by atoms with Gasteiger partial charge in [-0.15, -0.1) is 0 Å². The van der Waals surface area contributed by atoms with Crippen LogP contribution in [0.1, 0.15) is 5.82 Å². The monoisotopic (exact) mass is 461 g/mol. The Kier molecular flexibility index (Phi) is 5.65. The normalized spacial score (nSPS) is 11.6. The lowest BCUT2D eigenvalue weighted by Gasteiger charge is -2.20. The third kappa shape index (κ3) is 4.44. The zero-order valence-electron chi connectivity index (χ0n) is 18.1.